The van der Waals surface area contributed by atoms with Crippen LogP contribution in [0.2, 0.25) is 0 Å². The Morgan fingerprint density at radius 1 is 1.29 bits per heavy atom. The summed E-state index contributed by atoms with van der Waals surface area (Å²) in [6, 6.07) is 0.587. The van der Waals surface area contributed by atoms with Gasteiger partial charge in [0.15, 0.2) is 0 Å². The Bertz CT molecular complexity index is 213. The van der Waals surface area contributed by atoms with E-state index < -0.39 is 0 Å². The zero-order valence-corrected chi connectivity index (χ0v) is 10.7. The van der Waals surface area contributed by atoms with E-state index in [0.717, 1.165) is 17.4 Å². The molecule has 14 heavy (non-hydrogen) atoms. The molecule has 3 heteroatoms. The van der Waals surface area contributed by atoms with Crippen LogP contribution in [0.3, 0.4) is 0 Å². The van der Waals surface area contributed by atoms with Crippen LogP contribution in [0.25, 0.3) is 0 Å². The molecule has 1 atom stereocenters. The molecule has 0 aromatic heterocycles. The van der Waals surface area contributed by atoms with Crippen LogP contribution in [-0.4, -0.2) is 27.8 Å². The Morgan fingerprint density at radius 2 is 2.00 bits per heavy atom. The van der Waals surface area contributed by atoms with Gasteiger partial charge >= 0.3 is 0 Å². The van der Waals surface area contributed by atoms with E-state index in [-0.39, 0.29) is 0 Å². The molecule has 0 N–H and O–H groups in total. The van der Waals surface area contributed by atoms with Gasteiger partial charge in [-0.05, 0) is 18.8 Å². The van der Waals surface area contributed by atoms with E-state index in [1.807, 2.05) is 0 Å². The Kier molecular flexibility index (Phi) is 3.68. The highest BCUT2D eigenvalue weighted by molar-refractivity contribution is 14.1. The lowest BCUT2D eigenvalue weighted by Crippen LogP contribution is -2.37. The van der Waals surface area contributed by atoms with Crippen molar-refractivity contribution in [1.29, 1.82) is 0 Å². The van der Waals surface area contributed by atoms with E-state index in [2.05, 4.69) is 27.5 Å². The summed E-state index contributed by atoms with van der Waals surface area (Å²) in [5.74, 6) is 1.04. The van der Waals surface area contributed by atoms with E-state index in [0.29, 0.717) is 17.9 Å². The standard InChI is InChI=1S/C11H18INO/c12-7-9-6-11(14)13(8-9)10-4-2-1-3-5-10/h9-10H,1-8H2. The van der Waals surface area contributed by atoms with Crippen molar-refractivity contribution in [3.63, 3.8) is 0 Å². The van der Waals surface area contributed by atoms with Crippen molar-refractivity contribution in [3.8, 4) is 0 Å². The number of carbonyl (C=O) groups is 1. The molecule has 0 aromatic carbocycles. The third kappa shape index (κ3) is 2.23. The van der Waals surface area contributed by atoms with E-state index >= 15 is 0 Å². The first kappa shape index (κ1) is 10.7. The summed E-state index contributed by atoms with van der Waals surface area (Å²) >= 11 is 2.40. The van der Waals surface area contributed by atoms with Crippen LogP contribution in [0, 0.1) is 5.92 Å². The first-order valence-electron chi connectivity index (χ1n) is 5.66. The van der Waals surface area contributed by atoms with Gasteiger partial charge in [0.1, 0.15) is 0 Å². The molecule has 1 saturated carbocycles. The molecule has 2 fully saturated rings. The SMILES string of the molecule is O=C1CC(CI)CN1C1CCCCC1. The van der Waals surface area contributed by atoms with Crippen LogP contribution >= 0.6 is 22.6 Å². The molecule has 0 radical (unpaired) electrons. The second-order valence-electron chi connectivity index (χ2n) is 4.56. The maximum atomic E-state index is 11.8. The normalized spacial score (nSPS) is 29.9. The van der Waals surface area contributed by atoms with Gasteiger partial charge in [0.25, 0.3) is 0 Å². The van der Waals surface area contributed by atoms with Gasteiger partial charge in [-0.15, -0.1) is 0 Å². The summed E-state index contributed by atoms with van der Waals surface area (Å²) in [4.78, 5) is 13.9. The molecule has 2 rings (SSSR count). The molecule has 1 amide bonds. The van der Waals surface area contributed by atoms with Crippen molar-refractivity contribution >= 4 is 28.5 Å². The number of hydrogen-bond donors (Lipinski definition) is 0. The second kappa shape index (κ2) is 4.81. The molecule has 1 heterocycles. The molecule has 0 aromatic rings. The lowest BCUT2D eigenvalue weighted by atomic mass is 9.94. The number of nitrogens with zero attached hydrogens (tertiary/aromatic N) is 1. The molecule has 1 saturated heterocycles. The highest BCUT2D eigenvalue weighted by Gasteiger charge is 2.33. The first-order chi connectivity index (χ1) is 6.81. The molecule has 2 nitrogen and oxygen atoms in total. The number of carbonyl (C=O) groups excluding carboxylic acids is 1. The zero-order valence-electron chi connectivity index (χ0n) is 8.54. The summed E-state index contributed by atoms with van der Waals surface area (Å²) < 4.78 is 1.13. The third-order valence-corrected chi connectivity index (χ3v) is 4.72. The van der Waals surface area contributed by atoms with Crippen molar-refractivity contribution in [2.75, 3.05) is 11.0 Å². The van der Waals surface area contributed by atoms with Crippen molar-refractivity contribution in [2.24, 2.45) is 5.92 Å². The largest absolute Gasteiger partial charge is 0.339 e. The van der Waals surface area contributed by atoms with Gasteiger partial charge in [-0.25, -0.2) is 0 Å². The van der Waals surface area contributed by atoms with Crippen molar-refractivity contribution in [2.45, 2.75) is 44.6 Å². The number of likely N-dealkylation sites (tertiary alicyclic amines) is 1. The van der Waals surface area contributed by atoms with E-state index in [9.17, 15) is 4.79 Å². The lowest BCUT2D eigenvalue weighted by Gasteiger charge is -2.31. The van der Waals surface area contributed by atoms with Gasteiger partial charge in [0.05, 0.1) is 0 Å². The number of hydrogen-bond acceptors (Lipinski definition) is 1. The van der Waals surface area contributed by atoms with Gasteiger partial charge in [-0.1, -0.05) is 41.9 Å². The molecule has 1 aliphatic carbocycles. The lowest BCUT2D eigenvalue weighted by molar-refractivity contribution is -0.130. The van der Waals surface area contributed by atoms with Gasteiger partial charge in [-0.3, -0.25) is 4.79 Å². The number of amides is 1. The summed E-state index contributed by atoms with van der Waals surface area (Å²) in [5, 5.41) is 0. The van der Waals surface area contributed by atoms with Crippen LogP contribution in [0.1, 0.15) is 38.5 Å². The minimum absolute atomic E-state index is 0.415. The zero-order chi connectivity index (χ0) is 9.97. The number of halogens is 1. The fraction of sp³-hybridized carbons (Fsp3) is 0.909. The van der Waals surface area contributed by atoms with Crippen molar-refractivity contribution < 1.29 is 4.79 Å². The van der Waals surface area contributed by atoms with Crippen LogP contribution in [0.5, 0.6) is 0 Å². The molecule has 80 valence electrons. The maximum Gasteiger partial charge on any atom is 0.223 e. The molecule has 0 bridgehead atoms. The Hall–Kier alpha value is 0.200. The van der Waals surface area contributed by atoms with Crippen LogP contribution in [0.15, 0.2) is 0 Å². The van der Waals surface area contributed by atoms with E-state index in [1.165, 1.54) is 32.1 Å². The van der Waals surface area contributed by atoms with E-state index in [1.54, 1.807) is 0 Å². The fourth-order valence-corrected chi connectivity index (χ4v) is 3.25. The topological polar surface area (TPSA) is 20.3 Å². The predicted octanol–water partition coefficient (Wildman–Crippen LogP) is 2.60. The summed E-state index contributed by atoms with van der Waals surface area (Å²) in [7, 11) is 0. The van der Waals surface area contributed by atoms with Gasteiger partial charge in [-0.2, -0.15) is 0 Å². The van der Waals surface area contributed by atoms with Gasteiger partial charge < -0.3 is 4.90 Å². The fourth-order valence-electron chi connectivity index (χ4n) is 2.66. The maximum absolute atomic E-state index is 11.8. The second-order valence-corrected chi connectivity index (χ2v) is 5.44. The van der Waals surface area contributed by atoms with Crippen molar-refractivity contribution in [3.05, 3.63) is 0 Å². The monoisotopic (exact) mass is 307 g/mol. The highest BCUT2D eigenvalue weighted by Crippen LogP contribution is 2.29. The van der Waals surface area contributed by atoms with E-state index in [4.69, 9.17) is 0 Å². The molecule has 1 aliphatic heterocycles. The van der Waals surface area contributed by atoms with Crippen LogP contribution in [-0.2, 0) is 4.79 Å². The number of alkyl halides is 1. The minimum atomic E-state index is 0.415. The summed E-state index contributed by atoms with van der Waals surface area (Å²) in [6.07, 6.45) is 7.32. The smallest absolute Gasteiger partial charge is 0.223 e. The molecular weight excluding hydrogens is 289 g/mol. The average Bonchev–Trinajstić information content (AvgIpc) is 2.61. The Morgan fingerprint density at radius 3 is 2.57 bits per heavy atom. The van der Waals surface area contributed by atoms with Gasteiger partial charge in [0, 0.05) is 23.4 Å². The minimum Gasteiger partial charge on any atom is -0.339 e. The molecular formula is C11H18INO. The number of rotatable bonds is 2. The molecule has 0 spiro atoms. The summed E-state index contributed by atoms with van der Waals surface area (Å²) in [5.41, 5.74) is 0. The highest BCUT2D eigenvalue weighted by atomic mass is 127. The average molecular weight is 307 g/mol. The first-order valence-corrected chi connectivity index (χ1v) is 7.19. The van der Waals surface area contributed by atoms with Crippen molar-refractivity contribution in [1.82, 2.24) is 4.90 Å². The van der Waals surface area contributed by atoms with Gasteiger partial charge in [0.2, 0.25) is 5.91 Å². The van der Waals surface area contributed by atoms with Crippen LogP contribution in [0.4, 0.5) is 0 Å². The molecule has 1 unspecified atom stereocenters. The molecule has 2 aliphatic rings. The Balaban J connectivity index is 1.93. The quantitative estimate of drug-likeness (QED) is 0.567. The summed E-state index contributed by atoms with van der Waals surface area (Å²) in [6.45, 7) is 1.03. The third-order valence-electron chi connectivity index (χ3n) is 3.47. The predicted molar refractivity (Wildman–Crippen MR) is 65.6 cm³/mol. The Labute approximate surface area is 99.6 Å². The van der Waals surface area contributed by atoms with Crippen LogP contribution < -0.4 is 0 Å².